The molecule has 0 heteroatoms. The lowest BCUT2D eigenvalue weighted by Gasteiger charge is -1.79. The lowest BCUT2D eigenvalue weighted by Crippen LogP contribution is -1.58. The molecule has 0 aromatic heterocycles. The van der Waals surface area contributed by atoms with Gasteiger partial charge in [-0.05, 0) is 19.8 Å². The second-order valence-electron chi connectivity index (χ2n) is 2.14. The fourth-order valence-corrected chi connectivity index (χ4v) is 0.381. The number of hydrogen-bond acceptors (Lipinski definition) is 0. The average Bonchev–Trinajstić information content (AvgIpc) is 2.26. The Hall–Kier alpha value is -0.520. The van der Waals surface area contributed by atoms with E-state index in [0.717, 1.165) is 12.8 Å². The normalized spacial score (nSPS) is 7.07. The van der Waals surface area contributed by atoms with Crippen LogP contribution in [0.15, 0.2) is 24.8 Å². The van der Waals surface area contributed by atoms with E-state index in [-0.39, 0.29) is 0 Å². The summed E-state index contributed by atoms with van der Waals surface area (Å²) in [5.41, 5.74) is 0. The molecule has 0 saturated carbocycles. The summed E-state index contributed by atoms with van der Waals surface area (Å²) in [6.45, 7) is 17.9. The monoisotopic (exact) mass is 200 g/mol. The molecule has 0 nitrogen and oxygen atoms in total. The van der Waals surface area contributed by atoms with Crippen LogP contribution in [-0.2, 0) is 0 Å². The Morgan fingerprint density at radius 3 is 1.50 bits per heavy atom. The minimum absolute atomic E-state index is 1.10. The summed E-state index contributed by atoms with van der Waals surface area (Å²) in [5, 5.41) is 0. The van der Waals surface area contributed by atoms with E-state index >= 15 is 0 Å². The number of rotatable bonds is 3. The van der Waals surface area contributed by atoms with E-state index < -0.39 is 0 Å². The zero-order valence-corrected chi connectivity index (χ0v) is 11.6. The summed E-state index contributed by atoms with van der Waals surface area (Å²) in [4.78, 5) is 0. The first kappa shape index (κ1) is 23.4. The number of unbranched alkanes of at least 4 members (excludes halogenated alkanes) is 1. The number of allylic oxidation sites excluding steroid dienone is 3. The molecule has 0 bridgehead atoms. The van der Waals surface area contributed by atoms with Crippen LogP contribution in [0.2, 0.25) is 0 Å². The second-order valence-corrected chi connectivity index (χ2v) is 2.14. The Morgan fingerprint density at radius 2 is 1.29 bits per heavy atom. The van der Waals surface area contributed by atoms with Crippen LogP contribution in [0.5, 0.6) is 0 Å². The minimum Gasteiger partial charge on any atom is -0.103 e. The first-order valence-corrected chi connectivity index (χ1v) is 6.05. The van der Waals surface area contributed by atoms with E-state index in [1.54, 1.807) is 0 Å². The van der Waals surface area contributed by atoms with Crippen molar-refractivity contribution in [2.75, 3.05) is 0 Å². The van der Waals surface area contributed by atoms with Crippen LogP contribution >= 0.6 is 0 Å². The molecule has 0 spiro atoms. The van der Waals surface area contributed by atoms with E-state index in [1.807, 2.05) is 40.7 Å². The maximum Gasteiger partial charge on any atom is -0.0316 e. The van der Waals surface area contributed by atoms with Crippen molar-refractivity contribution in [2.45, 2.75) is 67.7 Å². The van der Waals surface area contributed by atoms with Gasteiger partial charge in [-0.3, -0.25) is 0 Å². The van der Waals surface area contributed by atoms with Gasteiger partial charge < -0.3 is 0 Å². The van der Waals surface area contributed by atoms with Crippen molar-refractivity contribution in [1.82, 2.24) is 0 Å². The third-order valence-electron chi connectivity index (χ3n) is 0.773. The molecule has 0 atom stereocenters. The van der Waals surface area contributed by atoms with Crippen LogP contribution < -0.4 is 0 Å². The van der Waals surface area contributed by atoms with Gasteiger partial charge in [-0.15, -0.1) is 6.58 Å². The smallest absolute Gasteiger partial charge is 0.0316 e. The van der Waals surface area contributed by atoms with Crippen molar-refractivity contribution >= 4 is 0 Å². The predicted octanol–water partition coefficient (Wildman–Crippen LogP) is 6.00. The Kier molecular flexibility index (Phi) is 91.4. The summed E-state index contributed by atoms with van der Waals surface area (Å²) in [7, 11) is 0. The van der Waals surface area contributed by atoms with E-state index in [0.29, 0.717) is 0 Å². The van der Waals surface area contributed by atoms with E-state index in [2.05, 4.69) is 32.6 Å². The largest absolute Gasteiger partial charge is 0.103 e. The van der Waals surface area contributed by atoms with Crippen molar-refractivity contribution in [3.8, 4) is 0 Å². The highest BCUT2D eigenvalue weighted by molar-refractivity contribution is 4.80. The fourth-order valence-electron chi connectivity index (χ4n) is 0.381. The zero-order chi connectivity index (χ0) is 12.2. The first-order valence-electron chi connectivity index (χ1n) is 6.05. The third-order valence-corrected chi connectivity index (χ3v) is 0.773. The van der Waals surface area contributed by atoms with Crippen LogP contribution in [0.1, 0.15) is 67.7 Å². The molecule has 0 aliphatic heterocycles. The molecule has 0 aromatic rings. The van der Waals surface area contributed by atoms with Crippen LogP contribution in [0.3, 0.4) is 0 Å². The number of hydrogen-bond donors (Lipinski definition) is 0. The zero-order valence-electron chi connectivity index (χ0n) is 11.6. The van der Waals surface area contributed by atoms with Crippen LogP contribution in [-0.4, -0.2) is 0 Å². The Balaban J connectivity index is -0.0000000603. The fraction of sp³-hybridized carbons (Fsp3) is 0.714. The molecule has 0 fully saturated rings. The quantitative estimate of drug-likeness (QED) is 0.387. The molecule has 88 valence electrons. The van der Waals surface area contributed by atoms with Crippen molar-refractivity contribution in [1.29, 1.82) is 0 Å². The van der Waals surface area contributed by atoms with E-state index in [9.17, 15) is 0 Å². The lowest BCUT2D eigenvalue weighted by molar-refractivity contribution is 1.05. The van der Waals surface area contributed by atoms with Gasteiger partial charge in [0, 0.05) is 0 Å². The molecular weight excluding hydrogens is 168 g/mol. The van der Waals surface area contributed by atoms with Gasteiger partial charge in [-0.25, -0.2) is 0 Å². The van der Waals surface area contributed by atoms with E-state index in [1.165, 1.54) is 6.42 Å². The van der Waals surface area contributed by atoms with Gasteiger partial charge >= 0.3 is 0 Å². The van der Waals surface area contributed by atoms with Gasteiger partial charge in [0.05, 0.1) is 0 Å². The second kappa shape index (κ2) is 54.8. The molecule has 0 aromatic carbocycles. The Bertz CT molecular complexity index is 70.1. The topological polar surface area (TPSA) is 0 Å². The summed E-state index contributed by atoms with van der Waals surface area (Å²) in [5.74, 6) is 0. The first-order chi connectivity index (χ1) is 6.83. The predicted molar refractivity (Wildman–Crippen MR) is 72.9 cm³/mol. The molecule has 0 heterocycles. The SMILES string of the molecule is C=CCC/C=C\C.CC.CC.CCC. The van der Waals surface area contributed by atoms with Crippen LogP contribution in [0.4, 0.5) is 0 Å². The van der Waals surface area contributed by atoms with Crippen molar-refractivity contribution in [3.05, 3.63) is 24.8 Å². The van der Waals surface area contributed by atoms with Crippen molar-refractivity contribution < 1.29 is 0 Å². The molecule has 0 saturated heterocycles. The van der Waals surface area contributed by atoms with Gasteiger partial charge in [-0.1, -0.05) is 66.2 Å². The molecule has 0 aliphatic rings. The molecule has 0 unspecified atom stereocenters. The highest BCUT2D eigenvalue weighted by Gasteiger charge is 1.68. The molecule has 0 rings (SSSR count). The summed E-state index contributed by atoms with van der Waals surface area (Å²) in [6, 6.07) is 0. The lowest BCUT2D eigenvalue weighted by atomic mass is 10.3. The summed E-state index contributed by atoms with van der Waals surface area (Å²) >= 11 is 0. The van der Waals surface area contributed by atoms with Crippen molar-refractivity contribution in [3.63, 3.8) is 0 Å². The Morgan fingerprint density at radius 1 is 0.929 bits per heavy atom. The molecule has 0 radical (unpaired) electrons. The van der Waals surface area contributed by atoms with E-state index in [4.69, 9.17) is 0 Å². The molecular formula is C14H32. The summed E-state index contributed by atoms with van der Waals surface area (Å²) in [6.07, 6.45) is 9.62. The molecule has 0 amide bonds. The van der Waals surface area contributed by atoms with Gasteiger partial charge in [0.15, 0.2) is 0 Å². The highest BCUT2D eigenvalue weighted by Crippen LogP contribution is 1.88. The average molecular weight is 200 g/mol. The van der Waals surface area contributed by atoms with Gasteiger partial charge in [0.1, 0.15) is 0 Å². The van der Waals surface area contributed by atoms with Crippen LogP contribution in [0, 0.1) is 0 Å². The van der Waals surface area contributed by atoms with Crippen LogP contribution in [0.25, 0.3) is 0 Å². The molecule has 14 heavy (non-hydrogen) atoms. The van der Waals surface area contributed by atoms with Gasteiger partial charge in [0.25, 0.3) is 0 Å². The maximum atomic E-state index is 3.60. The van der Waals surface area contributed by atoms with Gasteiger partial charge in [0.2, 0.25) is 0 Å². The minimum atomic E-state index is 1.10. The maximum absolute atomic E-state index is 3.60. The van der Waals surface area contributed by atoms with Gasteiger partial charge in [-0.2, -0.15) is 0 Å². The van der Waals surface area contributed by atoms with Crippen molar-refractivity contribution in [2.24, 2.45) is 0 Å². The standard InChI is InChI=1S/C7H12.C3H8.2C2H6/c1-3-5-7-6-4-2;1-3-2;2*1-2/h3-4,6H,1,5,7H2,2H3;3H2,1-2H3;2*1-2H3/b6-4-;;;. The highest BCUT2D eigenvalue weighted by atomic mass is 13.7. The summed E-state index contributed by atoms with van der Waals surface area (Å²) < 4.78 is 0. The molecule has 0 N–H and O–H groups in total. The Labute approximate surface area is 93.1 Å². The third kappa shape index (κ3) is 104. The molecule has 0 aliphatic carbocycles.